The Morgan fingerprint density at radius 1 is 1.21 bits per heavy atom. The molecule has 1 unspecified atom stereocenters. The number of benzene rings is 1. The zero-order valence-electron chi connectivity index (χ0n) is 14.2. The standard InChI is InChI=1S/C18H24N2O4/c1-12-5-6-15(13(2)9-12)20-17(22)16(21)19-10-14-11-23-18(24-14)7-3-4-8-18/h5-6,9,14H,3-4,7-8,10-11H2,1-2H3,(H,19,21)(H,20,22). The van der Waals surface area contributed by atoms with Crippen LogP contribution in [0.1, 0.15) is 36.8 Å². The first kappa shape index (κ1) is 16.9. The zero-order valence-corrected chi connectivity index (χ0v) is 14.2. The molecule has 0 radical (unpaired) electrons. The maximum absolute atomic E-state index is 12.0. The highest BCUT2D eigenvalue weighted by Gasteiger charge is 2.43. The van der Waals surface area contributed by atoms with E-state index < -0.39 is 17.6 Å². The van der Waals surface area contributed by atoms with E-state index in [1.54, 1.807) is 6.07 Å². The Labute approximate surface area is 141 Å². The van der Waals surface area contributed by atoms with Crippen LogP contribution in [0.25, 0.3) is 0 Å². The number of anilines is 1. The van der Waals surface area contributed by atoms with Crippen molar-refractivity contribution < 1.29 is 19.1 Å². The molecule has 1 saturated heterocycles. The number of carbonyl (C=O) groups is 2. The molecule has 1 aromatic rings. The molecule has 2 N–H and O–H groups in total. The minimum atomic E-state index is -0.670. The maximum atomic E-state index is 12.0. The average molecular weight is 332 g/mol. The highest BCUT2D eigenvalue weighted by molar-refractivity contribution is 6.39. The highest BCUT2D eigenvalue weighted by Crippen LogP contribution is 2.38. The van der Waals surface area contributed by atoms with Gasteiger partial charge in [-0.15, -0.1) is 0 Å². The summed E-state index contributed by atoms with van der Waals surface area (Å²) in [7, 11) is 0. The number of hydrogen-bond donors (Lipinski definition) is 2. The molecule has 24 heavy (non-hydrogen) atoms. The van der Waals surface area contributed by atoms with Gasteiger partial charge in [0.1, 0.15) is 6.10 Å². The largest absolute Gasteiger partial charge is 0.347 e. The smallest absolute Gasteiger partial charge is 0.313 e. The summed E-state index contributed by atoms with van der Waals surface area (Å²) in [6.07, 6.45) is 3.84. The predicted octanol–water partition coefficient (Wildman–Crippen LogP) is 2.04. The quantitative estimate of drug-likeness (QED) is 0.831. The second-order valence-corrected chi connectivity index (χ2v) is 6.65. The molecule has 2 aliphatic rings. The maximum Gasteiger partial charge on any atom is 0.313 e. The number of carbonyl (C=O) groups excluding carboxylic acids is 2. The molecule has 1 heterocycles. The van der Waals surface area contributed by atoms with Crippen molar-refractivity contribution in [2.24, 2.45) is 0 Å². The Bertz CT molecular complexity index is 638. The van der Waals surface area contributed by atoms with E-state index in [1.807, 2.05) is 26.0 Å². The van der Waals surface area contributed by atoms with Crippen molar-refractivity contribution >= 4 is 17.5 Å². The minimum Gasteiger partial charge on any atom is -0.347 e. The highest BCUT2D eigenvalue weighted by atomic mass is 16.7. The van der Waals surface area contributed by atoms with Crippen molar-refractivity contribution in [3.63, 3.8) is 0 Å². The first-order valence-corrected chi connectivity index (χ1v) is 8.46. The van der Waals surface area contributed by atoms with Gasteiger partial charge in [-0.1, -0.05) is 17.7 Å². The molecule has 1 saturated carbocycles. The molecule has 3 rings (SSSR count). The zero-order chi connectivity index (χ0) is 17.2. The van der Waals surface area contributed by atoms with Gasteiger partial charge in [0.15, 0.2) is 5.79 Å². The van der Waals surface area contributed by atoms with Gasteiger partial charge in [-0.3, -0.25) is 9.59 Å². The Hall–Kier alpha value is -1.92. The van der Waals surface area contributed by atoms with Gasteiger partial charge in [0.2, 0.25) is 0 Å². The van der Waals surface area contributed by atoms with Gasteiger partial charge < -0.3 is 20.1 Å². The van der Waals surface area contributed by atoms with Crippen LogP contribution in [-0.4, -0.2) is 36.9 Å². The SMILES string of the molecule is Cc1ccc(NC(=O)C(=O)NCC2COC3(CCCC3)O2)c(C)c1. The van der Waals surface area contributed by atoms with E-state index in [9.17, 15) is 9.59 Å². The van der Waals surface area contributed by atoms with E-state index >= 15 is 0 Å². The molecule has 2 fully saturated rings. The lowest BCUT2D eigenvalue weighted by Crippen LogP contribution is -2.40. The Kier molecular flexibility index (Phi) is 4.87. The second-order valence-electron chi connectivity index (χ2n) is 6.65. The summed E-state index contributed by atoms with van der Waals surface area (Å²) in [4.78, 5) is 24.0. The molecular weight excluding hydrogens is 308 g/mol. The lowest BCUT2D eigenvalue weighted by Gasteiger charge is -2.21. The van der Waals surface area contributed by atoms with Gasteiger partial charge in [0.25, 0.3) is 0 Å². The fourth-order valence-electron chi connectivity index (χ4n) is 3.31. The number of hydrogen-bond acceptors (Lipinski definition) is 4. The molecule has 1 spiro atoms. The van der Waals surface area contributed by atoms with Gasteiger partial charge in [0, 0.05) is 25.1 Å². The first-order chi connectivity index (χ1) is 11.5. The summed E-state index contributed by atoms with van der Waals surface area (Å²) in [5.41, 5.74) is 2.67. The van der Waals surface area contributed by atoms with Gasteiger partial charge >= 0.3 is 11.8 Å². The Morgan fingerprint density at radius 2 is 1.96 bits per heavy atom. The molecule has 1 aromatic carbocycles. The summed E-state index contributed by atoms with van der Waals surface area (Å²) < 4.78 is 11.7. The van der Waals surface area contributed by atoms with Gasteiger partial charge in [-0.2, -0.15) is 0 Å². The van der Waals surface area contributed by atoms with E-state index in [2.05, 4.69) is 10.6 Å². The third-order valence-corrected chi connectivity index (χ3v) is 4.61. The van der Waals surface area contributed by atoms with Crippen molar-refractivity contribution in [1.29, 1.82) is 0 Å². The summed E-state index contributed by atoms with van der Waals surface area (Å²) in [6.45, 7) is 4.61. The average Bonchev–Trinajstić information content (AvgIpc) is 3.18. The van der Waals surface area contributed by atoms with Crippen molar-refractivity contribution in [3.8, 4) is 0 Å². The number of rotatable bonds is 3. The van der Waals surface area contributed by atoms with Gasteiger partial charge in [0.05, 0.1) is 6.61 Å². The Morgan fingerprint density at radius 3 is 2.67 bits per heavy atom. The minimum absolute atomic E-state index is 0.194. The van der Waals surface area contributed by atoms with E-state index in [0.717, 1.165) is 36.8 Å². The molecule has 6 nitrogen and oxygen atoms in total. The molecule has 1 atom stereocenters. The van der Waals surface area contributed by atoms with Crippen LogP contribution in [0.3, 0.4) is 0 Å². The first-order valence-electron chi connectivity index (χ1n) is 8.46. The normalized spacial score (nSPS) is 21.8. The molecule has 0 aromatic heterocycles. The van der Waals surface area contributed by atoms with Crippen LogP contribution in [0.15, 0.2) is 18.2 Å². The molecule has 130 valence electrons. The third kappa shape index (κ3) is 3.76. The lowest BCUT2D eigenvalue weighted by molar-refractivity contribution is -0.161. The summed E-state index contributed by atoms with van der Waals surface area (Å²) in [6, 6.07) is 5.65. The van der Waals surface area contributed by atoms with Crippen LogP contribution in [-0.2, 0) is 19.1 Å². The summed E-state index contributed by atoms with van der Waals surface area (Å²) in [5.74, 6) is -1.78. The molecule has 1 aliphatic heterocycles. The number of aryl methyl sites for hydroxylation is 2. The fourth-order valence-corrected chi connectivity index (χ4v) is 3.31. The van der Waals surface area contributed by atoms with E-state index in [1.165, 1.54) is 0 Å². The molecule has 2 amide bonds. The van der Waals surface area contributed by atoms with Crippen LogP contribution in [0.4, 0.5) is 5.69 Å². The van der Waals surface area contributed by atoms with Crippen molar-refractivity contribution in [2.75, 3.05) is 18.5 Å². The second kappa shape index (κ2) is 6.91. The molecule has 1 aliphatic carbocycles. The predicted molar refractivity (Wildman–Crippen MR) is 89.6 cm³/mol. The van der Waals surface area contributed by atoms with E-state index in [4.69, 9.17) is 9.47 Å². The molecular formula is C18H24N2O4. The van der Waals surface area contributed by atoms with Crippen LogP contribution in [0, 0.1) is 13.8 Å². The van der Waals surface area contributed by atoms with Crippen molar-refractivity contribution in [3.05, 3.63) is 29.3 Å². The fraction of sp³-hybridized carbons (Fsp3) is 0.556. The Balaban J connectivity index is 1.47. The van der Waals surface area contributed by atoms with E-state index in [-0.39, 0.29) is 12.6 Å². The van der Waals surface area contributed by atoms with E-state index in [0.29, 0.717) is 12.3 Å². The van der Waals surface area contributed by atoms with Gasteiger partial charge in [-0.05, 0) is 38.3 Å². The van der Waals surface area contributed by atoms with Crippen LogP contribution < -0.4 is 10.6 Å². The molecule has 6 heteroatoms. The number of amides is 2. The number of nitrogens with one attached hydrogen (secondary N) is 2. The monoisotopic (exact) mass is 332 g/mol. The lowest BCUT2D eigenvalue weighted by atomic mass is 10.1. The van der Waals surface area contributed by atoms with Crippen LogP contribution in [0.2, 0.25) is 0 Å². The van der Waals surface area contributed by atoms with Gasteiger partial charge in [-0.25, -0.2) is 0 Å². The summed E-state index contributed by atoms with van der Waals surface area (Å²) in [5, 5.41) is 5.26. The summed E-state index contributed by atoms with van der Waals surface area (Å²) >= 11 is 0. The van der Waals surface area contributed by atoms with Crippen LogP contribution >= 0.6 is 0 Å². The number of ether oxygens (including phenoxy) is 2. The van der Waals surface area contributed by atoms with Crippen molar-refractivity contribution in [2.45, 2.75) is 51.4 Å². The molecule has 0 bridgehead atoms. The van der Waals surface area contributed by atoms with Crippen molar-refractivity contribution in [1.82, 2.24) is 5.32 Å². The topological polar surface area (TPSA) is 76.7 Å². The van der Waals surface area contributed by atoms with Crippen LogP contribution in [0.5, 0.6) is 0 Å². The third-order valence-electron chi connectivity index (χ3n) is 4.61.